The lowest BCUT2D eigenvalue weighted by Gasteiger charge is -2.24. The molecule has 0 bridgehead atoms. The van der Waals surface area contributed by atoms with E-state index in [9.17, 15) is 4.79 Å². The van der Waals surface area contributed by atoms with Crippen LogP contribution in [0.1, 0.15) is 11.1 Å². The lowest BCUT2D eigenvalue weighted by Crippen LogP contribution is -2.42. The Balaban J connectivity index is 1.53. The number of hydrogen-bond acceptors (Lipinski definition) is 3. The van der Waals surface area contributed by atoms with Crippen LogP contribution >= 0.6 is 0 Å². The summed E-state index contributed by atoms with van der Waals surface area (Å²) in [7, 11) is 4.09. The number of nitrogens with zero attached hydrogens (tertiary/aromatic N) is 3. The molecule has 0 aliphatic rings. The highest BCUT2D eigenvalue weighted by molar-refractivity contribution is 5.78. The molecule has 0 radical (unpaired) electrons. The van der Waals surface area contributed by atoms with Crippen molar-refractivity contribution < 1.29 is 4.79 Å². The highest BCUT2D eigenvalue weighted by atomic mass is 16.1. The third-order valence-electron chi connectivity index (χ3n) is 4.60. The molecular weight excluding hydrogens is 336 g/mol. The van der Waals surface area contributed by atoms with Gasteiger partial charge in [-0.3, -0.25) is 4.79 Å². The summed E-state index contributed by atoms with van der Waals surface area (Å²) >= 11 is 0. The summed E-state index contributed by atoms with van der Waals surface area (Å²) < 4.78 is 1.79. The number of aromatic nitrogens is 2. The summed E-state index contributed by atoms with van der Waals surface area (Å²) in [5.74, 6) is 0.0162. The number of amides is 1. The van der Waals surface area contributed by atoms with E-state index in [0.717, 1.165) is 17.7 Å². The number of benzene rings is 2. The fourth-order valence-electron chi connectivity index (χ4n) is 2.98. The minimum Gasteiger partial charge on any atom is -0.354 e. The van der Waals surface area contributed by atoms with Crippen molar-refractivity contribution in [3.05, 3.63) is 84.2 Å². The molecule has 27 heavy (non-hydrogen) atoms. The lowest BCUT2D eigenvalue weighted by molar-refractivity contribution is -0.120. The minimum atomic E-state index is 0.0162. The Morgan fingerprint density at radius 2 is 1.70 bits per heavy atom. The lowest BCUT2D eigenvalue weighted by atomic mass is 10.1. The molecular formula is C22H26N4O. The summed E-state index contributed by atoms with van der Waals surface area (Å²) in [6, 6.07) is 20.5. The zero-order valence-electron chi connectivity index (χ0n) is 15.9. The van der Waals surface area contributed by atoms with Crippen molar-refractivity contribution in [2.24, 2.45) is 0 Å². The van der Waals surface area contributed by atoms with E-state index in [2.05, 4.69) is 27.4 Å². The zero-order chi connectivity index (χ0) is 19.1. The second-order valence-electron chi connectivity index (χ2n) is 6.92. The van der Waals surface area contributed by atoms with E-state index in [-0.39, 0.29) is 11.9 Å². The molecule has 0 saturated heterocycles. The van der Waals surface area contributed by atoms with Gasteiger partial charge in [0.1, 0.15) is 0 Å². The maximum absolute atomic E-state index is 12.4. The first-order chi connectivity index (χ1) is 13.1. The third-order valence-corrected chi connectivity index (χ3v) is 4.60. The first-order valence-electron chi connectivity index (χ1n) is 9.18. The highest BCUT2D eigenvalue weighted by Gasteiger charge is 2.14. The van der Waals surface area contributed by atoms with Gasteiger partial charge in [0, 0.05) is 18.8 Å². The van der Waals surface area contributed by atoms with Crippen LogP contribution in [0.25, 0.3) is 5.69 Å². The van der Waals surface area contributed by atoms with Gasteiger partial charge in [0.05, 0.1) is 18.3 Å². The van der Waals surface area contributed by atoms with E-state index >= 15 is 0 Å². The smallest absolute Gasteiger partial charge is 0.224 e. The Morgan fingerprint density at radius 3 is 2.37 bits per heavy atom. The average molecular weight is 362 g/mol. The monoisotopic (exact) mass is 362 g/mol. The predicted molar refractivity (Wildman–Crippen MR) is 108 cm³/mol. The molecule has 0 aliphatic heterocycles. The van der Waals surface area contributed by atoms with Crippen LogP contribution in [0.5, 0.6) is 0 Å². The summed E-state index contributed by atoms with van der Waals surface area (Å²) in [6.45, 7) is 0.619. The molecule has 1 amide bonds. The average Bonchev–Trinajstić information content (AvgIpc) is 3.15. The van der Waals surface area contributed by atoms with Gasteiger partial charge < -0.3 is 10.2 Å². The normalized spacial score (nSPS) is 12.1. The topological polar surface area (TPSA) is 50.2 Å². The number of para-hydroxylation sites is 1. The van der Waals surface area contributed by atoms with Crippen LogP contribution < -0.4 is 5.32 Å². The Morgan fingerprint density at radius 1 is 1.04 bits per heavy atom. The maximum atomic E-state index is 12.4. The SMILES string of the molecule is CN(C)C(CNC(=O)Cc1cnn(-c2ccccc2)c1)Cc1ccccc1. The van der Waals surface area contributed by atoms with E-state index in [1.54, 1.807) is 10.9 Å². The van der Waals surface area contributed by atoms with Gasteiger partial charge in [-0.15, -0.1) is 0 Å². The van der Waals surface area contributed by atoms with Crippen LogP contribution in [0.15, 0.2) is 73.1 Å². The van der Waals surface area contributed by atoms with Crippen LogP contribution in [-0.4, -0.2) is 47.3 Å². The molecule has 2 aromatic carbocycles. The first-order valence-corrected chi connectivity index (χ1v) is 9.18. The van der Waals surface area contributed by atoms with Crippen LogP contribution in [0.3, 0.4) is 0 Å². The second kappa shape index (κ2) is 9.14. The van der Waals surface area contributed by atoms with Gasteiger partial charge in [-0.25, -0.2) is 4.68 Å². The van der Waals surface area contributed by atoms with Crippen LogP contribution in [0.2, 0.25) is 0 Å². The quantitative estimate of drug-likeness (QED) is 0.670. The molecule has 1 aromatic heterocycles. The minimum absolute atomic E-state index is 0.0162. The van der Waals surface area contributed by atoms with E-state index in [1.807, 2.05) is 68.8 Å². The summed E-state index contributed by atoms with van der Waals surface area (Å²) in [4.78, 5) is 14.5. The Labute approximate surface area is 160 Å². The Kier molecular flexibility index (Phi) is 6.39. The Bertz CT molecular complexity index is 843. The molecule has 3 aromatic rings. The molecule has 1 atom stereocenters. The van der Waals surface area contributed by atoms with E-state index in [1.165, 1.54) is 5.56 Å². The molecule has 0 spiro atoms. The molecule has 1 heterocycles. The van der Waals surface area contributed by atoms with Gasteiger partial charge in [0.2, 0.25) is 5.91 Å². The third kappa shape index (κ3) is 5.53. The summed E-state index contributed by atoms with van der Waals surface area (Å²) in [6.07, 6.45) is 4.89. The molecule has 0 saturated carbocycles. The van der Waals surface area contributed by atoms with Gasteiger partial charge in [-0.1, -0.05) is 48.5 Å². The number of nitrogens with one attached hydrogen (secondary N) is 1. The molecule has 5 heteroatoms. The van der Waals surface area contributed by atoms with Crippen LogP contribution in [-0.2, 0) is 17.6 Å². The standard InChI is InChI=1S/C22H26N4O/c1-25(2)21(13-18-9-5-3-6-10-18)16-23-22(27)14-19-15-24-26(17-19)20-11-7-4-8-12-20/h3-12,15,17,21H,13-14,16H2,1-2H3,(H,23,27). The van der Waals surface area contributed by atoms with Crippen LogP contribution in [0.4, 0.5) is 0 Å². The van der Waals surface area contributed by atoms with Crippen molar-refractivity contribution in [1.29, 1.82) is 0 Å². The van der Waals surface area contributed by atoms with Crippen molar-refractivity contribution in [3.8, 4) is 5.69 Å². The molecule has 0 aliphatic carbocycles. The molecule has 140 valence electrons. The van der Waals surface area contributed by atoms with Crippen molar-refractivity contribution in [2.75, 3.05) is 20.6 Å². The van der Waals surface area contributed by atoms with Gasteiger partial charge in [0.25, 0.3) is 0 Å². The second-order valence-corrected chi connectivity index (χ2v) is 6.92. The van der Waals surface area contributed by atoms with Crippen molar-refractivity contribution in [2.45, 2.75) is 18.9 Å². The number of carbonyl (C=O) groups is 1. The van der Waals surface area contributed by atoms with Crippen molar-refractivity contribution in [1.82, 2.24) is 20.0 Å². The van der Waals surface area contributed by atoms with Gasteiger partial charge in [-0.05, 0) is 43.8 Å². The molecule has 0 fully saturated rings. The van der Waals surface area contributed by atoms with E-state index in [0.29, 0.717) is 13.0 Å². The predicted octanol–water partition coefficient (Wildman–Crippen LogP) is 2.70. The number of hydrogen-bond donors (Lipinski definition) is 1. The molecule has 1 N–H and O–H groups in total. The van der Waals surface area contributed by atoms with E-state index < -0.39 is 0 Å². The van der Waals surface area contributed by atoms with Gasteiger partial charge in [0.15, 0.2) is 0 Å². The van der Waals surface area contributed by atoms with E-state index in [4.69, 9.17) is 0 Å². The number of rotatable bonds is 8. The molecule has 3 rings (SSSR count). The largest absolute Gasteiger partial charge is 0.354 e. The molecule has 5 nitrogen and oxygen atoms in total. The maximum Gasteiger partial charge on any atom is 0.224 e. The van der Waals surface area contributed by atoms with Crippen LogP contribution in [0, 0.1) is 0 Å². The number of likely N-dealkylation sites (N-methyl/N-ethyl adjacent to an activating group) is 1. The molecule has 1 unspecified atom stereocenters. The van der Waals surface area contributed by atoms with Crippen molar-refractivity contribution >= 4 is 5.91 Å². The fraction of sp³-hybridized carbons (Fsp3) is 0.273. The van der Waals surface area contributed by atoms with Crippen molar-refractivity contribution in [3.63, 3.8) is 0 Å². The van der Waals surface area contributed by atoms with Gasteiger partial charge >= 0.3 is 0 Å². The fourth-order valence-corrected chi connectivity index (χ4v) is 2.98. The summed E-state index contributed by atoms with van der Waals surface area (Å²) in [5, 5.41) is 7.41. The summed E-state index contributed by atoms with van der Waals surface area (Å²) in [5.41, 5.74) is 3.16. The highest BCUT2D eigenvalue weighted by Crippen LogP contribution is 2.09. The Hall–Kier alpha value is -2.92. The first kappa shape index (κ1) is 18.9. The number of carbonyl (C=O) groups excluding carboxylic acids is 1. The van der Waals surface area contributed by atoms with Gasteiger partial charge in [-0.2, -0.15) is 5.10 Å². The zero-order valence-corrected chi connectivity index (χ0v) is 15.9.